The van der Waals surface area contributed by atoms with Crippen molar-refractivity contribution in [3.8, 4) is 0 Å². The fraction of sp³-hybridized carbons (Fsp3) is 0.625. The highest BCUT2D eigenvalue weighted by atomic mass is 28.4. The molecule has 0 radical (unpaired) electrons. The van der Waals surface area contributed by atoms with E-state index in [4.69, 9.17) is 11.5 Å². The Morgan fingerprint density at radius 2 is 1.45 bits per heavy atom. The summed E-state index contributed by atoms with van der Waals surface area (Å²) >= 11 is 0. The van der Waals surface area contributed by atoms with Crippen molar-refractivity contribution in [2.45, 2.75) is 19.0 Å². The van der Waals surface area contributed by atoms with Crippen LogP contribution in [0.5, 0.6) is 0 Å². The number of anilines is 3. The van der Waals surface area contributed by atoms with Crippen LogP contribution in [0.15, 0.2) is 0 Å². The lowest BCUT2D eigenvalue weighted by Crippen LogP contribution is -2.52. The normalized spacial score (nSPS) is 12.9. The highest BCUT2D eigenvalue weighted by Crippen LogP contribution is 2.13. The number of aromatic nitrogens is 3. The van der Waals surface area contributed by atoms with Crippen molar-refractivity contribution in [1.29, 1.82) is 0 Å². The standard InChI is InChI=1S/C8H20N8O3Si/c1-2-5(20(17,18)19)13-8-15-6(11-3-9)14-7(16-8)12-4-10/h5,17-19H,2-4,9-10H2,1H3,(H3,11,12,13,14,15,16). The van der Waals surface area contributed by atoms with Crippen molar-refractivity contribution in [3.05, 3.63) is 0 Å². The molecule has 12 heteroatoms. The topological polar surface area (TPSA) is 187 Å². The first-order valence-corrected chi connectivity index (χ1v) is 7.90. The molecule has 0 bridgehead atoms. The minimum Gasteiger partial charge on any atom is -0.389 e. The Bertz CT molecular complexity index is 404. The second-order valence-corrected chi connectivity index (χ2v) is 5.93. The summed E-state index contributed by atoms with van der Waals surface area (Å²) in [5.41, 5.74) is 9.74. The predicted molar refractivity (Wildman–Crippen MR) is 75.3 cm³/mol. The van der Waals surface area contributed by atoms with E-state index in [1.165, 1.54) is 0 Å². The van der Waals surface area contributed by atoms with E-state index in [9.17, 15) is 14.4 Å². The molecule has 1 heterocycles. The summed E-state index contributed by atoms with van der Waals surface area (Å²) < 4.78 is 0. The van der Waals surface area contributed by atoms with Crippen molar-refractivity contribution in [1.82, 2.24) is 15.0 Å². The van der Waals surface area contributed by atoms with E-state index in [2.05, 4.69) is 30.9 Å². The fourth-order valence-electron chi connectivity index (χ4n) is 1.41. The zero-order valence-electron chi connectivity index (χ0n) is 11.0. The average molecular weight is 304 g/mol. The minimum absolute atomic E-state index is 0.0628. The predicted octanol–water partition coefficient (Wildman–Crippen LogP) is -2.83. The van der Waals surface area contributed by atoms with Gasteiger partial charge in [0.1, 0.15) is 0 Å². The summed E-state index contributed by atoms with van der Waals surface area (Å²) in [6.45, 7) is 1.91. The van der Waals surface area contributed by atoms with Crippen LogP contribution in [0.25, 0.3) is 0 Å². The van der Waals surface area contributed by atoms with E-state index in [1.807, 2.05) is 0 Å². The summed E-state index contributed by atoms with van der Waals surface area (Å²) in [7, 11) is -4.34. The van der Waals surface area contributed by atoms with Gasteiger partial charge in [0.05, 0.1) is 19.0 Å². The minimum atomic E-state index is -4.34. The second-order valence-electron chi connectivity index (χ2n) is 3.86. The van der Waals surface area contributed by atoms with Gasteiger partial charge in [0.2, 0.25) is 17.8 Å². The Morgan fingerprint density at radius 1 is 1.00 bits per heavy atom. The quantitative estimate of drug-likeness (QED) is 0.183. The fourth-order valence-corrected chi connectivity index (χ4v) is 2.28. The van der Waals surface area contributed by atoms with Gasteiger partial charge in [-0.2, -0.15) is 15.0 Å². The monoisotopic (exact) mass is 304 g/mol. The van der Waals surface area contributed by atoms with Crippen LogP contribution in [-0.4, -0.2) is 57.1 Å². The zero-order chi connectivity index (χ0) is 15.2. The SMILES string of the molecule is CCC(Nc1nc(NCN)nc(NCN)n1)[Si](O)(O)O. The van der Waals surface area contributed by atoms with Crippen molar-refractivity contribution >= 4 is 26.6 Å². The Morgan fingerprint density at radius 3 is 1.80 bits per heavy atom. The number of hydrogen-bond donors (Lipinski definition) is 8. The smallest absolute Gasteiger partial charge is 0.389 e. The highest BCUT2D eigenvalue weighted by Gasteiger charge is 2.38. The molecule has 11 nitrogen and oxygen atoms in total. The highest BCUT2D eigenvalue weighted by molar-refractivity contribution is 6.58. The molecule has 114 valence electrons. The van der Waals surface area contributed by atoms with Crippen LogP contribution >= 0.6 is 0 Å². The van der Waals surface area contributed by atoms with Crippen LogP contribution in [0.3, 0.4) is 0 Å². The number of hydrogen-bond acceptors (Lipinski definition) is 11. The van der Waals surface area contributed by atoms with E-state index in [-0.39, 0.29) is 37.6 Å². The van der Waals surface area contributed by atoms with Gasteiger partial charge >= 0.3 is 8.80 Å². The van der Waals surface area contributed by atoms with Crippen molar-refractivity contribution in [2.24, 2.45) is 11.5 Å². The van der Waals surface area contributed by atoms with Gasteiger partial charge in [0.15, 0.2) is 0 Å². The van der Waals surface area contributed by atoms with Gasteiger partial charge in [0.25, 0.3) is 0 Å². The number of nitrogens with two attached hydrogens (primary N) is 2. The number of nitrogens with zero attached hydrogens (tertiary/aromatic N) is 3. The van der Waals surface area contributed by atoms with E-state index < -0.39 is 14.5 Å². The molecule has 0 aliphatic carbocycles. The van der Waals surface area contributed by atoms with Crippen LogP contribution in [0.4, 0.5) is 17.8 Å². The lowest BCUT2D eigenvalue weighted by molar-refractivity contribution is 0.214. The summed E-state index contributed by atoms with van der Waals surface area (Å²) in [4.78, 5) is 40.0. The van der Waals surface area contributed by atoms with Crippen LogP contribution in [-0.2, 0) is 0 Å². The summed E-state index contributed by atoms with van der Waals surface area (Å²) in [6.07, 6.45) is 0.278. The molecule has 1 atom stereocenters. The molecular formula is C8H20N8O3Si. The summed E-state index contributed by atoms with van der Waals surface area (Å²) in [6, 6.07) is 0. The molecule has 1 aromatic rings. The first-order valence-electron chi connectivity index (χ1n) is 5.98. The summed E-state index contributed by atoms with van der Waals surface area (Å²) in [5.74, 6) is 0.446. The molecular weight excluding hydrogens is 284 g/mol. The van der Waals surface area contributed by atoms with Gasteiger partial charge in [-0.05, 0) is 6.42 Å². The van der Waals surface area contributed by atoms with Crippen molar-refractivity contribution in [3.63, 3.8) is 0 Å². The van der Waals surface area contributed by atoms with Gasteiger partial charge in [-0.25, -0.2) is 0 Å². The molecule has 0 aliphatic rings. The third kappa shape index (κ3) is 4.84. The molecule has 1 aromatic heterocycles. The van der Waals surface area contributed by atoms with E-state index in [0.717, 1.165) is 0 Å². The lowest BCUT2D eigenvalue weighted by atomic mass is 10.5. The molecule has 0 fully saturated rings. The largest absolute Gasteiger partial charge is 0.516 e. The van der Waals surface area contributed by atoms with Crippen LogP contribution < -0.4 is 27.4 Å². The first kappa shape index (κ1) is 16.5. The molecule has 1 unspecified atom stereocenters. The maximum Gasteiger partial charge on any atom is 0.516 e. The molecule has 0 saturated carbocycles. The van der Waals surface area contributed by atoms with Gasteiger partial charge in [-0.15, -0.1) is 0 Å². The Kier molecular flexibility index (Phi) is 5.99. The lowest BCUT2D eigenvalue weighted by Gasteiger charge is -2.22. The number of rotatable bonds is 8. The van der Waals surface area contributed by atoms with E-state index in [0.29, 0.717) is 0 Å². The third-order valence-electron chi connectivity index (χ3n) is 2.33. The number of nitrogens with one attached hydrogen (secondary N) is 3. The Balaban J connectivity index is 2.97. The van der Waals surface area contributed by atoms with Gasteiger partial charge in [0, 0.05) is 0 Å². The molecule has 0 amide bonds. The molecule has 1 rings (SSSR count). The molecule has 0 saturated heterocycles. The van der Waals surface area contributed by atoms with E-state index >= 15 is 0 Å². The maximum absolute atomic E-state index is 9.33. The van der Waals surface area contributed by atoms with Gasteiger partial charge in [-0.1, -0.05) is 6.92 Å². The zero-order valence-corrected chi connectivity index (χ0v) is 12.0. The molecule has 0 aliphatic heterocycles. The van der Waals surface area contributed by atoms with Crippen LogP contribution in [0, 0.1) is 0 Å². The Hall–Kier alpha value is -1.57. The van der Waals surface area contributed by atoms with Crippen molar-refractivity contribution in [2.75, 3.05) is 29.3 Å². The van der Waals surface area contributed by atoms with Gasteiger partial charge in [-0.3, -0.25) is 0 Å². The second kappa shape index (κ2) is 7.27. The van der Waals surface area contributed by atoms with E-state index in [1.54, 1.807) is 6.92 Å². The Labute approximate surface area is 116 Å². The van der Waals surface area contributed by atoms with Crippen LogP contribution in [0.2, 0.25) is 0 Å². The maximum atomic E-state index is 9.33. The summed E-state index contributed by atoms with van der Waals surface area (Å²) in [5, 5.41) is 8.04. The first-order chi connectivity index (χ1) is 9.40. The molecule has 0 spiro atoms. The third-order valence-corrected chi connectivity index (χ3v) is 3.82. The average Bonchev–Trinajstić information content (AvgIpc) is 2.35. The van der Waals surface area contributed by atoms with Crippen molar-refractivity contribution < 1.29 is 14.4 Å². The molecule has 0 aromatic carbocycles. The van der Waals surface area contributed by atoms with Crippen LogP contribution in [0.1, 0.15) is 13.3 Å². The molecule has 20 heavy (non-hydrogen) atoms. The molecule has 10 N–H and O–H groups in total. The van der Waals surface area contributed by atoms with Gasteiger partial charge < -0.3 is 41.8 Å².